The van der Waals surface area contributed by atoms with E-state index in [0.717, 1.165) is 5.56 Å². The number of hydrogen-bond acceptors (Lipinski definition) is 4. The molecule has 1 aromatic carbocycles. The van der Waals surface area contributed by atoms with Crippen LogP contribution in [-0.4, -0.2) is 23.8 Å². The van der Waals surface area contributed by atoms with Crippen molar-refractivity contribution in [2.24, 2.45) is 0 Å². The maximum atomic E-state index is 12.0. The van der Waals surface area contributed by atoms with Gasteiger partial charge in [-0.25, -0.2) is 4.79 Å². The molecule has 0 aromatic heterocycles. The highest BCUT2D eigenvalue weighted by molar-refractivity contribution is 6.30. The molecule has 0 saturated heterocycles. The molecule has 1 amide bonds. The topological polar surface area (TPSA) is 64.6 Å². The third-order valence-electron chi connectivity index (χ3n) is 2.90. The van der Waals surface area contributed by atoms with E-state index in [4.69, 9.17) is 21.1 Å². The molecule has 1 rings (SSSR count). The predicted molar refractivity (Wildman–Crippen MR) is 89.4 cm³/mol. The second-order valence-electron chi connectivity index (χ2n) is 6.41. The fraction of sp³-hybridized carbons (Fsp3) is 0.529. The summed E-state index contributed by atoms with van der Waals surface area (Å²) >= 11 is 5.90. The number of halogens is 1. The number of carbonyl (C=O) groups excluding carboxylic acids is 2. The van der Waals surface area contributed by atoms with Gasteiger partial charge in [-0.1, -0.05) is 23.7 Å². The number of carbonyl (C=O) groups is 2. The summed E-state index contributed by atoms with van der Waals surface area (Å²) < 4.78 is 10.4. The molecule has 0 saturated carbocycles. The highest BCUT2D eigenvalue weighted by Gasteiger charge is 2.23. The Morgan fingerprint density at radius 2 is 1.78 bits per heavy atom. The molecule has 6 heteroatoms. The zero-order valence-corrected chi connectivity index (χ0v) is 14.9. The Kier molecular flexibility index (Phi) is 6.88. The Balaban J connectivity index is 2.85. The second kappa shape index (κ2) is 8.20. The molecule has 1 aromatic rings. The number of alkyl carbamates (subject to hydrolysis) is 1. The molecule has 128 valence electrons. The van der Waals surface area contributed by atoms with Gasteiger partial charge in [0.2, 0.25) is 0 Å². The lowest BCUT2D eigenvalue weighted by molar-refractivity contribution is -0.145. The van der Waals surface area contributed by atoms with Gasteiger partial charge in [0, 0.05) is 18.4 Å². The number of amides is 1. The zero-order chi connectivity index (χ0) is 17.6. The van der Waals surface area contributed by atoms with Crippen LogP contribution in [0.5, 0.6) is 0 Å². The molecule has 0 aliphatic heterocycles. The van der Waals surface area contributed by atoms with Crippen molar-refractivity contribution in [3.63, 3.8) is 0 Å². The molecule has 0 radical (unpaired) electrons. The first-order valence-corrected chi connectivity index (χ1v) is 7.87. The largest absolute Gasteiger partial charge is 0.463 e. The lowest BCUT2D eigenvalue weighted by Gasteiger charge is -2.25. The summed E-state index contributed by atoms with van der Waals surface area (Å²) in [5, 5.41) is 3.43. The first-order valence-electron chi connectivity index (χ1n) is 7.49. The van der Waals surface area contributed by atoms with Crippen LogP contribution in [0.4, 0.5) is 4.79 Å². The molecule has 2 atom stereocenters. The van der Waals surface area contributed by atoms with Gasteiger partial charge in [0.25, 0.3) is 0 Å². The van der Waals surface area contributed by atoms with E-state index in [1.165, 1.54) is 6.92 Å². The lowest BCUT2D eigenvalue weighted by atomic mass is 10.0. The summed E-state index contributed by atoms with van der Waals surface area (Å²) in [5.74, 6) is -0.357. The van der Waals surface area contributed by atoms with Crippen molar-refractivity contribution in [2.75, 3.05) is 0 Å². The predicted octanol–water partition coefficient (Wildman–Crippen LogP) is 4.25. The fourth-order valence-corrected chi connectivity index (χ4v) is 2.21. The number of benzene rings is 1. The van der Waals surface area contributed by atoms with Crippen molar-refractivity contribution >= 4 is 23.7 Å². The van der Waals surface area contributed by atoms with Crippen LogP contribution in [0.15, 0.2) is 24.3 Å². The molecule has 0 spiro atoms. The van der Waals surface area contributed by atoms with Crippen LogP contribution in [0.1, 0.15) is 52.6 Å². The van der Waals surface area contributed by atoms with Crippen LogP contribution in [-0.2, 0) is 14.3 Å². The van der Waals surface area contributed by atoms with Crippen LogP contribution in [0, 0.1) is 0 Å². The molecule has 1 N–H and O–H groups in total. The van der Waals surface area contributed by atoms with Gasteiger partial charge < -0.3 is 14.8 Å². The normalized spacial score (nSPS) is 13.8. The monoisotopic (exact) mass is 341 g/mol. The molecule has 23 heavy (non-hydrogen) atoms. The number of ether oxygens (including phenoxy) is 2. The smallest absolute Gasteiger partial charge is 0.408 e. The summed E-state index contributed by atoms with van der Waals surface area (Å²) in [7, 11) is 0. The highest BCUT2D eigenvalue weighted by atomic mass is 35.5. The van der Waals surface area contributed by atoms with Crippen molar-refractivity contribution in [3.05, 3.63) is 34.9 Å². The van der Waals surface area contributed by atoms with E-state index in [2.05, 4.69) is 5.32 Å². The summed E-state index contributed by atoms with van der Waals surface area (Å²) in [6, 6.07) is 6.79. The summed E-state index contributed by atoms with van der Waals surface area (Å²) in [4.78, 5) is 23.1. The fourth-order valence-electron chi connectivity index (χ4n) is 2.09. The van der Waals surface area contributed by atoms with Gasteiger partial charge >= 0.3 is 12.1 Å². The van der Waals surface area contributed by atoms with Crippen molar-refractivity contribution in [2.45, 2.75) is 58.8 Å². The Labute approximate surface area is 142 Å². The van der Waals surface area contributed by atoms with Crippen LogP contribution in [0.3, 0.4) is 0 Å². The third-order valence-corrected chi connectivity index (χ3v) is 3.15. The van der Waals surface area contributed by atoms with Gasteiger partial charge in [-0.3, -0.25) is 4.79 Å². The molecule has 0 aliphatic rings. The van der Waals surface area contributed by atoms with E-state index in [-0.39, 0.29) is 18.1 Å². The molecule has 0 bridgehead atoms. The summed E-state index contributed by atoms with van der Waals surface area (Å²) in [6.07, 6.45) is -0.434. The van der Waals surface area contributed by atoms with E-state index in [1.807, 2.05) is 12.1 Å². The van der Waals surface area contributed by atoms with Crippen LogP contribution >= 0.6 is 11.6 Å². The molecule has 0 heterocycles. The molecule has 5 nitrogen and oxygen atoms in total. The van der Waals surface area contributed by atoms with Gasteiger partial charge in [0.1, 0.15) is 11.7 Å². The van der Waals surface area contributed by atoms with E-state index in [1.54, 1.807) is 39.8 Å². The minimum absolute atomic E-state index is 0.344. The zero-order valence-electron chi connectivity index (χ0n) is 14.2. The van der Waals surface area contributed by atoms with Crippen molar-refractivity contribution in [1.82, 2.24) is 5.32 Å². The van der Waals surface area contributed by atoms with Crippen molar-refractivity contribution in [3.8, 4) is 0 Å². The Morgan fingerprint density at radius 3 is 2.26 bits per heavy atom. The quantitative estimate of drug-likeness (QED) is 0.813. The average Bonchev–Trinajstić information content (AvgIpc) is 2.35. The van der Waals surface area contributed by atoms with Gasteiger partial charge in [0.15, 0.2) is 0 Å². The van der Waals surface area contributed by atoms with Gasteiger partial charge in [-0.2, -0.15) is 0 Å². The maximum Gasteiger partial charge on any atom is 0.408 e. The van der Waals surface area contributed by atoms with E-state index < -0.39 is 11.7 Å². The Morgan fingerprint density at radius 1 is 1.22 bits per heavy atom. The molecule has 0 fully saturated rings. The number of esters is 1. The van der Waals surface area contributed by atoms with E-state index in [0.29, 0.717) is 11.4 Å². The number of nitrogens with one attached hydrogen (secondary N) is 1. The number of rotatable bonds is 5. The summed E-state index contributed by atoms with van der Waals surface area (Å²) in [6.45, 7) is 8.53. The van der Waals surface area contributed by atoms with E-state index in [9.17, 15) is 9.59 Å². The van der Waals surface area contributed by atoms with Crippen LogP contribution in [0.2, 0.25) is 5.02 Å². The second-order valence-corrected chi connectivity index (χ2v) is 6.84. The maximum absolute atomic E-state index is 12.0. The Bertz CT molecular complexity index is 537. The number of hydrogen-bond donors (Lipinski definition) is 1. The first kappa shape index (κ1) is 19.3. The first-order chi connectivity index (χ1) is 10.6. The van der Waals surface area contributed by atoms with Crippen molar-refractivity contribution < 1.29 is 19.1 Å². The molecule has 0 aliphatic carbocycles. The SMILES string of the molecule is CC(=O)O[C@H](C)C[C@H](NC(=O)OC(C)(C)C)c1ccc(Cl)cc1. The average molecular weight is 342 g/mol. The molecule has 0 unspecified atom stereocenters. The van der Waals surface area contributed by atoms with Gasteiger partial charge in [0.05, 0.1) is 6.04 Å². The van der Waals surface area contributed by atoms with E-state index >= 15 is 0 Å². The Hall–Kier alpha value is -1.75. The summed E-state index contributed by atoms with van der Waals surface area (Å²) in [5.41, 5.74) is 0.273. The molecular formula is C17H24ClNO4. The minimum Gasteiger partial charge on any atom is -0.463 e. The van der Waals surface area contributed by atoms with Crippen LogP contribution in [0.25, 0.3) is 0 Å². The van der Waals surface area contributed by atoms with Crippen LogP contribution < -0.4 is 5.32 Å². The molecular weight excluding hydrogens is 318 g/mol. The van der Waals surface area contributed by atoms with Gasteiger partial charge in [-0.15, -0.1) is 0 Å². The van der Waals surface area contributed by atoms with Crippen molar-refractivity contribution in [1.29, 1.82) is 0 Å². The minimum atomic E-state index is -0.587. The highest BCUT2D eigenvalue weighted by Crippen LogP contribution is 2.22. The lowest BCUT2D eigenvalue weighted by Crippen LogP contribution is -2.36. The third kappa shape index (κ3) is 7.88. The standard InChI is InChI=1S/C17H24ClNO4/c1-11(22-12(2)20)10-15(13-6-8-14(18)9-7-13)19-16(21)23-17(3,4)5/h6-9,11,15H,10H2,1-5H3,(H,19,21)/t11-,15+/m1/s1. The van der Waals surface area contributed by atoms with Gasteiger partial charge in [-0.05, 0) is 45.4 Å².